The lowest BCUT2D eigenvalue weighted by molar-refractivity contribution is -0.698. The van der Waals surface area contributed by atoms with Crippen LogP contribution in [-0.4, -0.2) is 25.2 Å². The summed E-state index contributed by atoms with van der Waals surface area (Å²) in [6.07, 6.45) is 3.43. The molecule has 1 aromatic carbocycles. The van der Waals surface area contributed by atoms with Gasteiger partial charge in [0.15, 0.2) is 12.4 Å². The number of hydrogen-bond acceptors (Lipinski definition) is 4. The van der Waals surface area contributed by atoms with Crippen molar-refractivity contribution in [1.29, 1.82) is 0 Å². The number of pyridine rings is 1. The van der Waals surface area contributed by atoms with Gasteiger partial charge >= 0.3 is 18.0 Å². The summed E-state index contributed by atoms with van der Waals surface area (Å²) < 4.78 is 11.5. The van der Waals surface area contributed by atoms with E-state index in [-0.39, 0.29) is 13.2 Å². The highest BCUT2D eigenvalue weighted by atomic mass is 16.6. The molecule has 0 N–H and O–H groups in total. The van der Waals surface area contributed by atoms with E-state index < -0.39 is 18.0 Å². The Bertz CT molecular complexity index is 636. The van der Waals surface area contributed by atoms with Crippen LogP contribution in [0.2, 0.25) is 0 Å². The molecule has 0 spiro atoms. The van der Waals surface area contributed by atoms with E-state index in [0.717, 1.165) is 10.8 Å². The number of esters is 2. The minimum absolute atomic E-state index is 0.211. The Labute approximate surface area is 123 Å². The molecule has 5 heteroatoms. The van der Waals surface area contributed by atoms with E-state index in [1.807, 2.05) is 30.3 Å². The molecule has 0 fully saturated rings. The van der Waals surface area contributed by atoms with Gasteiger partial charge in [-0.05, 0) is 25.3 Å². The first-order valence-electron chi connectivity index (χ1n) is 6.90. The van der Waals surface area contributed by atoms with E-state index in [1.54, 1.807) is 26.2 Å². The number of carbonyl (C=O) groups excluding carboxylic acids is 2. The number of fused-ring (bicyclic) bond motifs is 1. The Morgan fingerprint density at radius 2 is 1.57 bits per heavy atom. The third-order valence-electron chi connectivity index (χ3n) is 3.03. The molecule has 0 aliphatic carbocycles. The van der Waals surface area contributed by atoms with Gasteiger partial charge in [-0.15, -0.1) is 0 Å². The van der Waals surface area contributed by atoms with Crippen molar-refractivity contribution < 1.29 is 23.6 Å². The Morgan fingerprint density at radius 1 is 1.00 bits per heavy atom. The number of benzene rings is 1. The van der Waals surface area contributed by atoms with Crippen LogP contribution in [0, 0.1) is 0 Å². The molecule has 0 unspecified atom stereocenters. The van der Waals surface area contributed by atoms with Crippen molar-refractivity contribution in [3.05, 3.63) is 42.7 Å². The smallest absolute Gasteiger partial charge is 0.388 e. The van der Waals surface area contributed by atoms with Gasteiger partial charge in [-0.1, -0.05) is 18.2 Å². The molecule has 110 valence electrons. The lowest BCUT2D eigenvalue weighted by Crippen LogP contribution is -2.49. The fourth-order valence-corrected chi connectivity index (χ4v) is 2.09. The molecule has 0 amide bonds. The summed E-state index contributed by atoms with van der Waals surface area (Å²) >= 11 is 0. The maximum absolute atomic E-state index is 12.1. The zero-order valence-corrected chi connectivity index (χ0v) is 12.1. The van der Waals surface area contributed by atoms with Crippen LogP contribution in [0.4, 0.5) is 0 Å². The van der Waals surface area contributed by atoms with Gasteiger partial charge in [0, 0.05) is 11.5 Å². The first-order chi connectivity index (χ1) is 10.2. The first kappa shape index (κ1) is 15.0. The monoisotopic (exact) mass is 288 g/mol. The van der Waals surface area contributed by atoms with E-state index in [2.05, 4.69) is 0 Å². The van der Waals surface area contributed by atoms with Crippen LogP contribution >= 0.6 is 0 Å². The highest BCUT2D eigenvalue weighted by molar-refractivity contribution is 5.95. The van der Waals surface area contributed by atoms with Crippen LogP contribution in [0.1, 0.15) is 19.9 Å². The van der Waals surface area contributed by atoms with Gasteiger partial charge in [-0.25, -0.2) is 9.59 Å². The number of aromatic nitrogens is 1. The SMILES string of the molecule is CCOC(=O)C(C(=O)OCC)[n+]1ccc2ccccc2c1. The lowest BCUT2D eigenvalue weighted by atomic mass is 10.1. The van der Waals surface area contributed by atoms with Crippen molar-refractivity contribution in [2.75, 3.05) is 13.2 Å². The molecule has 2 aromatic rings. The highest BCUT2D eigenvalue weighted by Crippen LogP contribution is 2.12. The second kappa shape index (κ2) is 6.83. The minimum Gasteiger partial charge on any atom is -0.461 e. The summed E-state index contributed by atoms with van der Waals surface area (Å²) in [5.41, 5.74) is 0. The summed E-state index contributed by atoms with van der Waals surface area (Å²) in [6, 6.07) is 8.44. The number of rotatable bonds is 5. The maximum atomic E-state index is 12.1. The molecule has 0 saturated heterocycles. The molecule has 5 nitrogen and oxygen atoms in total. The Morgan fingerprint density at radius 3 is 2.14 bits per heavy atom. The molecule has 1 aromatic heterocycles. The molecule has 0 saturated carbocycles. The zero-order chi connectivity index (χ0) is 15.2. The van der Waals surface area contributed by atoms with Gasteiger partial charge in [-0.2, -0.15) is 4.57 Å². The second-order valence-corrected chi connectivity index (χ2v) is 4.43. The molecule has 21 heavy (non-hydrogen) atoms. The number of carbonyl (C=O) groups is 2. The van der Waals surface area contributed by atoms with Crippen molar-refractivity contribution in [1.82, 2.24) is 0 Å². The summed E-state index contributed by atoms with van der Waals surface area (Å²) in [6.45, 7) is 3.82. The van der Waals surface area contributed by atoms with Gasteiger partial charge in [0.05, 0.1) is 13.2 Å². The van der Waals surface area contributed by atoms with E-state index in [1.165, 1.54) is 4.57 Å². The highest BCUT2D eigenvalue weighted by Gasteiger charge is 2.38. The molecule has 0 atom stereocenters. The Kier molecular flexibility index (Phi) is 4.87. The third kappa shape index (κ3) is 3.37. The standard InChI is InChI=1S/C16H18NO4/c1-3-20-15(18)14(16(19)21-4-2)17-10-9-12-7-5-6-8-13(12)11-17/h5-11,14H,3-4H2,1-2H3/q+1. The second-order valence-electron chi connectivity index (χ2n) is 4.43. The molecule has 1 heterocycles. The van der Waals surface area contributed by atoms with Crippen LogP contribution in [0.15, 0.2) is 42.7 Å². The lowest BCUT2D eigenvalue weighted by Gasteiger charge is -2.10. The average molecular weight is 288 g/mol. The van der Waals surface area contributed by atoms with Gasteiger partial charge in [0.2, 0.25) is 0 Å². The van der Waals surface area contributed by atoms with Crippen LogP contribution in [0.25, 0.3) is 10.8 Å². The Balaban J connectivity index is 2.41. The van der Waals surface area contributed by atoms with E-state index in [9.17, 15) is 9.59 Å². The zero-order valence-electron chi connectivity index (χ0n) is 12.1. The number of hydrogen-bond donors (Lipinski definition) is 0. The fourth-order valence-electron chi connectivity index (χ4n) is 2.09. The van der Waals surface area contributed by atoms with Crippen molar-refractivity contribution in [2.45, 2.75) is 19.9 Å². The predicted octanol–water partition coefficient (Wildman–Crippen LogP) is 1.79. The Hall–Kier alpha value is -2.43. The molecular weight excluding hydrogens is 270 g/mol. The summed E-state index contributed by atoms with van der Waals surface area (Å²) in [5.74, 6) is -1.23. The third-order valence-corrected chi connectivity index (χ3v) is 3.03. The van der Waals surface area contributed by atoms with Crippen molar-refractivity contribution >= 4 is 22.7 Å². The van der Waals surface area contributed by atoms with E-state index in [0.29, 0.717) is 0 Å². The van der Waals surface area contributed by atoms with Crippen molar-refractivity contribution in [2.24, 2.45) is 0 Å². The topological polar surface area (TPSA) is 56.5 Å². The summed E-state index contributed by atoms with van der Waals surface area (Å²) in [7, 11) is 0. The van der Waals surface area contributed by atoms with E-state index in [4.69, 9.17) is 9.47 Å². The summed E-state index contributed by atoms with van der Waals surface area (Å²) in [4.78, 5) is 24.1. The summed E-state index contributed by atoms with van der Waals surface area (Å²) in [5, 5.41) is 1.96. The average Bonchev–Trinajstić information content (AvgIpc) is 2.48. The first-order valence-corrected chi connectivity index (χ1v) is 6.90. The van der Waals surface area contributed by atoms with Gasteiger partial charge in [0.1, 0.15) is 0 Å². The van der Waals surface area contributed by atoms with E-state index >= 15 is 0 Å². The number of nitrogens with zero attached hydrogens (tertiary/aromatic N) is 1. The quantitative estimate of drug-likeness (QED) is 0.478. The van der Waals surface area contributed by atoms with Crippen LogP contribution in [0.3, 0.4) is 0 Å². The maximum Gasteiger partial charge on any atom is 0.388 e. The van der Waals surface area contributed by atoms with Crippen LogP contribution in [0.5, 0.6) is 0 Å². The van der Waals surface area contributed by atoms with Crippen LogP contribution in [-0.2, 0) is 19.1 Å². The normalized spacial score (nSPS) is 10.6. The largest absolute Gasteiger partial charge is 0.461 e. The van der Waals surface area contributed by atoms with Crippen molar-refractivity contribution in [3.63, 3.8) is 0 Å². The molecule has 0 radical (unpaired) electrons. The van der Waals surface area contributed by atoms with Crippen LogP contribution < -0.4 is 4.57 Å². The van der Waals surface area contributed by atoms with Crippen molar-refractivity contribution in [3.8, 4) is 0 Å². The minimum atomic E-state index is -1.12. The molecular formula is C16H18NO4+. The molecule has 0 aliphatic rings. The molecule has 0 bridgehead atoms. The predicted molar refractivity (Wildman–Crippen MR) is 76.4 cm³/mol. The fraction of sp³-hybridized carbons (Fsp3) is 0.312. The van der Waals surface area contributed by atoms with Gasteiger partial charge in [0.25, 0.3) is 0 Å². The molecule has 0 aliphatic heterocycles. The van der Waals surface area contributed by atoms with Gasteiger partial charge in [-0.3, -0.25) is 0 Å². The number of ether oxygens (including phenoxy) is 2. The molecule has 2 rings (SSSR count). The van der Waals surface area contributed by atoms with Gasteiger partial charge < -0.3 is 9.47 Å².